The van der Waals surface area contributed by atoms with Gasteiger partial charge in [0.25, 0.3) is 0 Å². The van der Waals surface area contributed by atoms with Crippen molar-refractivity contribution >= 4 is 5.91 Å². The molecular formula is C10H21NO2. The molecule has 0 aliphatic carbocycles. The van der Waals surface area contributed by atoms with Gasteiger partial charge >= 0.3 is 0 Å². The van der Waals surface area contributed by atoms with Gasteiger partial charge in [-0.1, -0.05) is 20.8 Å². The largest absolute Gasteiger partial charge is 0.380 e. The Labute approximate surface area is 80.8 Å². The molecule has 13 heavy (non-hydrogen) atoms. The van der Waals surface area contributed by atoms with E-state index in [4.69, 9.17) is 4.74 Å². The summed E-state index contributed by atoms with van der Waals surface area (Å²) in [6.45, 7) is 7.46. The third kappa shape index (κ3) is 5.64. The molecule has 0 aromatic carbocycles. The maximum Gasteiger partial charge on any atom is 0.225 e. The molecule has 0 fully saturated rings. The van der Waals surface area contributed by atoms with Crippen molar-refractivity contribution in [3.05, 3.63) is 0 Å². The molecule has 0 spiro atoms. The third-order valence-electron chi connectivity index (χ3n) is 1.88. The van der Waals surface area contributed by atoms with Gasteiger partial charge in [0, 0.05) is 13.7 Å². The summed E-state index contributed by atoms with van der Waals surface area (Å²) in [4.78, 5) is 11.2. The Morgan fingerprint density at radius 2 is 2.00 bits per heavy atom. The topological polar surface area (TPSA) is 38.3 Å². The zero-order valence-corrected chi connectivity index (χ0v) is 9.09. The molecule has 1 amide bonds. The van der Waals surface area contributed by atoms with E-state index in [1.165, 1.54) is 0 Å². The number of carbonyl (C=O) groups excluding carboxylic acids is 1. The first kappa shape index (κ1) is 12.4. The maximum absolute atomic E-state index is 11.2. The SMILES string of the molecule is CCC(COCC(C)C)C(=O)NC. The standard InChI is InChI=1S/C10H21NO2/c1-5-9(10(12)11-4)7-13-6-8(2)3/h8-9H,5-7H2,1-4H3,(H,11,12). The van der Waals surface area contributed by atoms with Crippen LogP contribution in [0.2, 0.25) is 0 Å². The minimum atomic E-state index is 0.00347. The van der Waals surface area contributed by atoms with E-state index in [0.29, 0.717) is 12.5 Å². The lowest BCUT2D eigenvalue weighted by atomic mass is 10.1. The summed E-state index contributed by atoms with van der Waals surface area (Å²) in [5.41, 5.74) is 0. The normalized spacial score (nSPS) is 13.0. The van der Waals surface area contributed by atoms with Gasteiger partial charge in [-0.2, -0.15) is 0 Å². The monoisotopic (exact) mass is 187 g/mol. The van der Waals surface area contributed by atoms with Crippen LogP contribution in [0.25, 0.3) is 0 Å². The first-order valence-electron chi connectivity index (χ1n) is 4.91. The number of hydrogen-bond donors (Lipinski definition) is 1. The van der Waals surface area contributed by atoms with Crippen molar-refractivity contribution in [2.24, 2.45) is 11.8 Å². The van der Waals surface area contributed by atoms with E-state index in [0.717, 1.165) is 13.0 Å². The molecule has 0 aromatic rings. The van der Waals surface area contributed by atoms with Gasteiger partial charge in [0.15, 0.2) is 0 Å². The Morgan fingerprint density at radius 1 is 1.38 bits per heavy atom. The molecule has 0 rings (SSSR count). The highest BCUT2D eigenvalue weighted by atomic mass is 16.5. The molecule has 0 saturated carbocycles. The van der Waals surface area contributed by atoms with Crippen molar-refractivity contribution < 1.29 is 9.53 Å². The molecule has 1 atom stereocenters. The average Bonchev–Trinajstić information content (AvgIpc) is 2.11. The van der Waals surface area contributed by atoms with E-state index in [1.54, 1.807) is 7.05 Å². The Hall–Kier alpha value is -0.570. The fourth-order valence-electron chi connectivity index (χ4n) is 1.03. The number of hydrogen-bond acceptors (Lipinski definition) is 2. The highest BCUT2D eigenvalue weighted by molar-refractivity contribution is 5.78. The summed E-state index contributed by atoms with van der Waals surface area (Å²) in [5.74, 6) is 0.609. The van der Waals surface area contributed by atoms with Gasteiger partial charge in [-0.15, -0.1) is 0 Å². The van der Waals surface area contributed by atoms with Crippen LogP contribution in [0.4, 0.5) is 0 Å². The molecule has 0 radical (unpaired) electrons. The van der Waals surface area contributed by atoms with Crippen LogP contribution in [0.15, 0.2) is 0 Å². The number of amides is 1. The highest BCUT2D eigenvalue weighted by Gasteiger charge is 2.14. The fraction of sp³-hybridized carbons (Fsp3) is 0.900. The van der Waals surface area contributed by atoms with Gasteiger partial charge in [-0.05, 0) is 12.3 Å². The van der Waals surface area contributed by atoms with E-state index in [9.17, 15) is 4.79 Å². The lowest BCUT2D eigenvalue weighted by molar-refractivity contribution is -0.126. The Morgan fingerprint density at radius 3 is 2.38 bits per heavy atom. The summed E-state index contributed by atoms with van der Waals surface area (Å²) in [6, 6.07) is 0. The summed E-state index contributed by atoms with van der Waals surface area (Å²) < 4.78 is 5.41. The molecule has 1 unspecified atom stereocenters. The summed E-state index contributed by atoms with van der Waals surface area (Å²) in [7, 11) is 1.66. The van der Waals surface area contributed by atoms with Gasteiger partial charge in [-0.3, -0.25) is 4.79 Å². The zero-order chi connectivity index (χ0) is 10.3. The van der Waals surface area contributed by atoms with Crippen molar-refractivity contribution in [3.8, 4) is 0 Å². The molecule has 0 aromatic heterocycles. The number of ether oxygens (including phenoxy) is 1. The van der Waals surface area contributed by atoms with Crippen molar-refractivity contribution in [2.75, 3.05) is 20.3 Å². The second-order valence-corrected chi connectivity index (χ2v) is 3.65. The summed E-state index contributed by atoms with van der Waals surface area (Å²) >= 11 is 0. The molecule has 0 saturated heterocycles. The van der Waals surface area contributed by atoms with E-state index in [2.05, 4.69) is 19.2 Å². The summed E-state index contributed by atoms with van der Waals surface area (Å²) in [6.07, 6.45) is 0.831. The molecule has 0 bridgehead atoms. The van der Waals surface area contributed by atoms with Gasteiger partial charge < -0.3 is 10.1 Å². The van der Waals surface area contributed by atoms with Gasteiger partial charge in [0.2, 0.25) is 5.91 Å². The minimum Gasteiger partial charge on any atom is -0.380 e. The molecule has 0 heterocycles. The molecule has 3 heteroatoms. The van der Waals surface area contributed by atoms with E-state index in [1.807, 2.05) is 6.92 Å². The zero-order valence-electron chi connectivity index (χ0n) is 9.09. The minimum absolute atomic E-state index is 0.00347. The smallest absolute Gasteiger partial charge is 0.225 e. The molecule has 78 valence electrons. The second kappa shape index (κ2) is 6.89. The summed E-state index contributed by atoms with van der Waals surface area (Å²) in [5, 5.41) is 2.64. The quantitative estimate of drug-likeness (QED) is 0.683. The Bertz CT molecular complexity index is 146. The van der Waals surface area contributed by atoms with E-state index in [-0.39, 0.29) is 11.8 Å². The van der Waals surface area contributed by atoms with Crippen molar-refractivity contribution in [2.45, 2.75) is 27.2 Å². The lowest BCUT2D eigenvalue weighted by Crippen LogP contribution is -2.30. The lowest BCUT2D eigenvalue weighted by Gasteiger charge is -2.14. The number of nitrogens with one attached hydrogen (secondary N) is 1. The van der Waals surface area contributed by atoms with E-state index >= 15 is 0 Å². The Kier molecular flexibility index (Phi) is 6.59. The van der Waals surface area contributed by atoms with Gasteiger partial charge in [0.1, 0.15) is 0 Å². The van der Waals surface area contributed by atoms with Crippen molar-refractivity contribution in [1.82, 2.24) is 5.32 Å². The second-order valence-electron chi connectivity index (χ2n) is 3.65. The maximum atomic E-state index is 11.2. The highest BCUT2D eigenvalue weighted by Crippen LogP contribution is 2.04. The Balaban J connectivity index is 3.66. The van der Waals surface area contributed by atoms with Crippen LogP contribution in [-0.4, -0.2) is 26.2 Å². The van der Waals surface area contributed by atoms with Crippen LogP contribution >= 0.6 is 0 Å². The van der Waals surface area contributed by atoms with Crippen LogP contribution in [0.5, 0.6) is 0 Å². The van der Waals surface area contributed by atoms with Gasteiger partial charge in [0.05, 0.1) is 12.5 Å². The predicted octanol–water partition coefficient (Wildman–Crippen LogP) is 1.43. The molecular weight excluding hydrogens is 166 g/mol. The van der Waals surface area contributed by atoms with Crippen LogP contribution in [-0.2, 0) is 9.53 Å². The van der Waals surface area contributed by atoms with Crippen molar-refractivity contribution in [1.29, 1.82) is 0 Å². The van der Waals surface area contributed by atoms with Crippen LogP contribution in [0, 0.1) is 11.8 Å². The first-order valence-corrected chi connectivity index (χ1v) is 4.91. The van der Waals surface area contributed by atoms with Crippen LogP contribution in [0.1, 0.15) is 27.2 Å². The molecule has 0 aliphatic rings. The fourth-order valence-corrected chi connectivity index (χ4v) is 1.03. The van der Waals surface area contributed by atoms with Crippen molar-refractivity contribution in [3.63, 3.8) is 0 Å². The first-order chi connectivity index (χ1) is 6.11. The number of carbonyl (C=O) groups is 1. The molecule has 1 N–H and O–H groups in total. The van der Waals surface area contributed by atoms with Gasteiger partial charge in [-0.25, -0.2) is 0 Å². The van der Waals surface area contributed by atoms with E-state index < -0.39 is 0 Å². The third-order valence-corrected chi connectivity index (χ3v) is 1.88. The average molecular weight is 187 g/mol. The van der Waals surface area contributed by atoms with Crippen LogP contribution < -0.4 is 5.32 Å². The predicted molar refractivity (Wildman–Crippen MR) is 53.5 cm³/mol. The van der Waals surface area contributed by atoms with Crippen LogP contribution in [0.3, 0.4) is 0 Å². The molecule has 0 aliphatic heterocycles. The number of rotatable bonds is 6. The molecule has 3 nitrogen and oxygen atoms in total.